The Bertz CT molecular complexity index is 484. The van der Waals surface area contributed by atoms with E-state index in [1.807, 2.05) is 12.4 Å². The fourth-order valence-electron chi connectivity index (χ4n) is 2.63. The predicted octanol–water partition coefficient (Wildman–Crippen LogP) is 3.22. The monoisotopic (exact) mass is 238 g/mol. The Balaban J connectivity index is 1.80. The molecule has 2 heterocycles. The maximum Gasteiger partial charge on any atom is 0.0273 e. The van der Waals surface area contributed by atoms with Gasteiger partial charge < -0.3 is 5.32 Å². The van der Waals surface area contributed by atoms with Crippen molar-refractivity contribution in [1.29, 1.82) is 0 Å². The second-order valence-electron chi connectivity index (χ2n) is 4.90. The molecule has 1 saturated heterocycles. The summed E-state index contributed by atoms with van der Waals surface area (Å²) in [7, 11) is 0. The van der Waals surface area contributed by atoms with Crippen LogP contribution in [-0.2, 0) is 0 Å². The van der Waals surface area contributed by atoms with Crippen LogP contribution in [0.25, 0.3) is 11.1 Å². The highest BCUT2D eigenvalue weighted by atomic mass is 14.9. The van der Waals surface area contributed by atoms with E-state index < -0.39 is 0 Å². The molecule has 1 aliphatic heterocycles. The molecule has 1 unspecified atom stereocenters. The maximum atomic E-state index is 4.05. The molecule has 1 aliphatic rings. The Morgan fingerprint density at radius 2 is 1.67 bits per heavy atom. The van der Waals surface area contributed by atoms with E-state index in [1.54, 1.807) is 0 Å². The van der Waals surface area contributed by atoms with Gasteiger partial charge in [0.25, 0.3) is 0 Å². The molecule has 1 fully saturated rings. The third kappa shape index (κ3) is 2.44. The van der Waals surface area contributed by atoms with Gasteiger partial charge in [0.15, 0.2) is 0 Å². The second-order valence-corrected chi connectivity index (χ2v) is 4.90. The molecule has 0 bridgehead atoms. The van der Waals surface area contributed by atoms with Gasteiger partial charge in [-0.15, -0.1) is 0 Å². The zero-order valence-corrected chi connectivity index (χ0v) is 10.5. The molecule has 1 N–H and O–H groups in total. The maximum absolute atomic E-state index is 4.05. The Hall–Kier alpha value is -1.67. The Morgan fingerprint density at radius 1 is 0.944 bits per heavy atom. The Labute approximate surface area is 108 Å². The van der Waals surface area contributed by atoms with Crippen molar-refractivity contribution in [2.75, 3.05) is 13.1 Å². The van der Waals surface area contributed by atoms with Crippen LogP contribution in [0.2, 0.25) is 0 Å². The van der Waals surface area contributed by atoms with Crippen molar-refractivity contribution in [3.05, 3.63) is 54.4 Å². The SMILES string of the molecule is c1cc(-c2ccc(C3CCCNC3)cc2)ccn1. The predicted molar refractivity (Wildman–Crippen MR) is 74.5 cm³/mol. The Kier molecular flexibility index (Phi) is 3.37. The largest absolute Gasteiger partial charge is 0.316 e. The van der Waals surface area contributed by atoms with Crippen molar-refractivity contribution in [3.63, 3.8) is 0 Å². The average molecular weight is 238 g/mol. The average Bonchev–Trinajstić information content (AvgIpc) is 2.49. The lowest BCUT2D eigenvalue weighted by molar-refractivity contribution is 0.461. The van der Waals surface area contributed by atoms with Gasteiger partial charge in [-0.1, -0.05) is 24.3 Å². The molecule has 18 heavy (non-hydrogen) atoms. The molecule has 0 aliphatic carbocycles. The molecule has 2 nitrogen and oxygen atoms in total. The first-order valence-corrected chi connectivity index (χ1v) is 6.64. The van der Waals surface area contributed by atoms with E-state index in [0.29, 0.717) is 5.92 Å². The highest BCUT2D eigenvalue weighted by Gasteiger charge is 2.14. The molecule has 92 valence electrons. The van der Waals surface area contributed by atoms with Crippen LogP contribution in [0.15, 0.2) is 48.8 Å². The lowest BCUT2D eigenvalue weighted by atomic mass is 9.90. The van der Waals surface area contributed by atoms with Crippen molar-refractivity contribution in [1.82, 2.24) is 10.3 Å². The first kappa shape index (κ1) is 11.4. The zero-order chi connectivity index (χ0) is 12.2. The topological polar surface area (TPSA) is 24.9 Å². The molecule has 1 aromatic carbocycles. The van der Waals surface area contributed by atoms with Crippen molar-refractivity contribution < 1.29 is 0 Å². The lowest BCUT2D eigenvalue weighted by Crippen LogP contribution is -2.28. The number of rotatable bonds is 2. The van der Waals surface area contributed by atoms with E-state index in [9.17, 15) is 0 Å². The van der Waals surface area contributed by atoms with E-state index in [-0.39, 0.29) is 0 Å². The number of nitrogens with one attached hydrogen (secondary N) is 1. The molecule has 1 atom stereocenters. The number of hydrogen-bond acceptors (Lipinski definition) is 2. The molecule has 1 aromatic heterocycles. The van der Waals surface area contributed by atoms with Crippen LogP contribution >= 0.6 is 0 Å². The summed E-state index contributed by atoms with van der Waals surface area (Å²) in [5.74, 6) is 0.685. The zero-order valence-electron chi connectivity index (χ0n) is 10.5. The number of piperidine rings is 1. The molecule has 0 radical (unpaired) electrons. The van der Waals surface area contributed by atoms with Gasteiger partial charge in [0, 0.05) is 18.9 Å². The first-order chi connectivity index (χ1) is 8.93. The summed E-state index contributed by atoms with van der Waals surface area (Å²) in [6.45, 7) is 2.29. The molecule has 3 rings (SSSR count). The smallest absolute Gasteiger partial charge is 0.0273 e. The van der Waals surface area contributed by atoms with Crippen molar-refractivity contribution in [2.45, 2.75) is 18.8 Å². The molecular formula is C16H18N2. The van der Waals surface area contributed by atoms with Crippen LogP contribution in [-0.4, -0.2) is 18.1 Å². The van der Waals surface area contributed by atoms with Crippen LogP contribution in [0.1, 0.15) is 24.3 Å². The molecule has 2 heteroatoms. The first-order valence-electron chi connectivity index (χ1n) is 6.64. The quantitative estimate of drug-likeness (QED) is 0.869. The summed E-state index contributed by atoms with van der Waals surface area (Å²) in [4.78, 5) is 4.05. The minimum atomic E-state index is 0.685. The van der Waals surface area contributed by atoms with Gasteiger partial charge in [0.1, 0.15) is 0 Å². The summed E-state index contributed by atoms with van der Waals surface area (Å²) in [6, 6.07) is 13.1. The van der Waals surface area contributed by atoms with E-state index in [0.717, 1.165) is 6.54 Å². The van der Waals surface area contributed by atoms with Crippen LogP contribution in [0, 0.1) is 0 Å². The second kappa shape index (κ2) is 5.32. The van der Waals surface area contributed by atoms with Gasteiger partial charge in [-0.2, -0.15) is 0 Å². The summed E-state index contributed by atoms with van der Waals surface area (Å²) >= 11 is 0. The third-order valence-corrected chi connectivity index (χ3v) is 3.69. The van der Waals surface area contributed by atoms with E-state index in [4.69, 9.17) is 0 Å². The molecule has 2 aromatic rings. The summed E-state index contributed by atoms with van der Waals surface area (Å²) in [5.41, 5.74) is 3.96. The normalized spacial score (nSPS) is 19.7. The minimum Gasteiger partial charge on any atom is -0.316 e. The lowest BCUT2D eigenvalue weighted by Gasteiger charge is -2.23. The highest BCUT2D eigenvalue weighted by Crippen LogP contribution is 2.26. The number of hydrogen-bond donors (Lipinski definition) is 1. The van der Waals surface area contributed by atoms with Crippen molar-refractivity contribution >= 4 is 0 Å². The molecular weight excluding hydrogens is 220 g/mol. The van der Waals surface area contributed by atoms with Gasteiger partial charge in [0.05, 0.1) is 0 Å². The highest BCUT2D eigenvalue weighted by molar-refractivity contribution is 5.63. The molecule has 0 amide bonds. The third-order valence-electron chi connectivity index (χ3n) is 3.69. The van der Waals surface area contributed by atoms with Gasteiger partial charge in [-0.05, 0) is 54.1 Å². The van der Waals surface area contributed by atoms with Gasteiger partial charge in [-0.3, -0.25) is 4.98 Å². The Morgan fingerprint density at radius 3 is 2.33 bits per heavy atom. The standard InChI is InChI=1S/C16H18N2/c1-2-16(12-18-9-1)14-5-3-13(4-6-14)15-7-10-17-11-8-15/h3-8,10-11,16,18H,1-2,9,12H2. The molecule has 0 saturated carbocycles. The fourth-order valence-corrected chi connectivity index (χ4v) is 2.63. The van der Waals surface area contributed by atoms with E-state index >= 15 is 0 Å². The minimum absolute atomic E-state index is 0.685. The number of aromatic nitrogens is 1. The van der Waals surface area contributed by atoms with Gasteiger partial charge in [0.2, 0.25) is 0 Å². The van der Waals surface area contributed by atoms with Gasteiger partial charge in [-0.25, -0.2) is 0 Å². The van der Waals surface area contributed by atoms with Crippen LogP contribution in [0.3, 0.4) is 0 Å². The van der Waals surface area contributed by atoms with Gasteiger partial charge >= 0.3 is 0 Å². The van der Waals surface area contributed by atoms with Crippen molar-refractivity contribution in [3.8, 4) is 11.1 Å². The molecule has 0 spiro atoms. The van der Waals surface area contributed by atoms with Crippen LogP contribution < -0.4 is 5.32 Å². The number of nitrogens with zero attached hydrogens (tertiary/aromatic N) is 1. The van der Waals surface area contributed by atoms with Crippen LogP contribution in [0.4, 0.5) is 0 Å². The van der Waals surface area contributed by atoms with Crippen molar-refractivity contribution in [2.24, 2.45) is 0 Å². The fraction of sp³-hybridized carbons (Fsp3) is 0.312. The summed E-state index contributed by atoms with van der Waals surface area (Å²) in [6.07, 6.45) is 6.28. The van der Waals surface area contributed by atoms with E-state index in [2.05, 4.69) is 46.7 Å². The number of pyridine rings is 1. The van der Waals surface area contributed by atoms with Crippen LogP contribution in [0.5, 0.6) is 0 Å². The number of benzene rings is 1. The summed E-state index contributed by atoms with van der Waals surface area (Å²) in [5, 5.41) is 3.47. The van der Waals surface area contributed by atoms with E-state index in [1.165, 1.54) is 36.1 Å². The summed E-state index contributed by atoms with van der Waals surface area (Å²) < 4.78 is 0.